The van der Waals surface area contributed by atoms with Crippen molar-refractivity contribution in [1.82, 2.24) is 10.6 Å². The molecule has 1 aliphatic carbocycles. The minimum absolute atomic E-state index is 0.0553. The second-order valence-corrected chi connectivity index (χ2v) is 7.86. The summed E-state index contributed by atoms with van der Waals surface area (Å²) in [5, 5.41) is 6.76. The van der Waals surface area contributed by atoms with Crippen molar-refractivity contribution in [1.29, 1.82) is 0 Å². The van der Waals surface area contributed by atoms with Crippen LogP contribution in [0.2, 0.25) is 0 Å². The van der Waals surface area contributed by atoms with Gasteiger partial charge < -0.3 is 20.1 Å². The minimum atomic E-state index is -4.30. The van der Waals surface area contributed by atoms with Gasteiger partial charge in [-0.2, -0.15) is 13.2 Å². The summed E-state index contributed by atoms with van der Waals surface area (Å²) in [5.41, 5.74) is 2.00. The number of benzene rings is 1. The molecule has 0 atom stereocenters. The fourth-order valence-corrected chi connectivity index (χ4v) is 3.79. The van der Waals surface area contributed by atoms with Crippen molar-refractivity contribution in [3.8, 4) is 0 Å². The van der Waals surface area contributed by atoms with E-state index >= 15 is 0 Å². The molecule has 5 nitrogen and oxygen atoms in total. The molecule has 0 unspecified atom stereocenters. The maximum atomic E-state index is 12.1. The van der Waals surface area contributed by atoms with Crippen LogP contribution in [0, 0.1) is 5.41 Å². The lowest BCUT2D eigenvalue weighted by Gasteiger charge is -2.30. The maximum Gasteiger partial charge on any atom is 0.411 e. The van der Waals surface area contributed by atoms with Crippen LogP contribution in [0.3, 0.4) is 0 Å². The van der Waals surface area contributed by atoms with Crippen molar-refractivity contribution < 1.29 is 22.6 Å². The third kappa shape index (κ3) is 8.92. The maximum absolute atomic E-state index is 12.1. The Hall–Kier alpha value is -1.80. The zero-order valence-corrected chi connectivity index (χ0v) is 18.0. The SMILES string of the molecule is CCOCCC1(CNC(=NC)NCc2ccc(COCC(F)(F)F)cc2)CCCC1. The molecule has 1 saturated carbocycles. The number of aliphatic imine (C=N–C) groups is 1. The monoisotopic (exact) mass is 429 g/mol. The van der Waals surface area contributed by atoms with Crippen molar-refractivity contribution >= 4 is 5.96 Å². The van der Waals surface area contributed by atoms with E-state index in [2.05, 4.69) is 20.4 Å². The van der Waals surface area contributed by atoms with E-state index in [0.717, 1.165) is 37.7 Å². The summed E-state index contributed by atoms with van der Waals surface area (Å²) in [6.45, 7) is 3.73. The number of halogens is 3. The number of rotatable bonds is 11. The Morgan fingerprint density at radius 1 is 1.07 bits per heavy atom. The van der Waals surface area contributed by atoms with E-state index in [-0.39, 0.29) is 12.0 Å². The van der Waals surface area contributed by atoms with E-state index in [0.29, 0.717) is 12.1 Å². The number of ether oxygens (including phenoxy) is 2. The van der Waals surface area contributed by atoms with Gasteiger partial charge in [0.1, 0.15) is 6.61 Å². The van der Waals surface area contributed by atoms with Crippen molar-refractivity contribution in [2.45, 2.75) is 58.4 Å². The van der Waals surface area contributed by atoms with Crippen molar-refractivity contribution in [2.75, 3.05) is 33.4 Å². The predicted octanol–water partition coefficient (Wildman–Crippen LogP) is 4.42. The molecule has 0 aliphatic heterocycles. The van der Waals surface area contributed by atoms with Crippen LogP contribution in [0.25, 0.3) is 0 Å². The Labute approximate surface area is 177 Å². The largest absolute Gasteiger partial charge is 0.411 e. The highest BCUT2D eigenvalue weighted by Gasteiger charge is 2.33. The van der Waals surface area contributed by atoms with Gasteiger partial charge in [0.2, 0.25) is 0 Å². The van der Waals surface area contributed by atoms with Gasteiger partial charge >= 0.3 is 6.18 Å². The second kappa shape index (κ2) is 12.2. The summed E-state index contributed by atoms with van der Waals surface area (Å²) in [6, 6.07) is 7.33. The van der Waals surface area contributed by atoms with E-state index in [1.807, 2.05) is 19.1 Å². The highest BCUT2D eigenvalue weighted by molar-refractivity contribution is 5.79. The van der Waals surface area contributed by atoms with Gasteiger partial charge in [-0.05, 0) is 42.7 Å². The highest BCUT2D eigenvalue weighted by atomic mass is 19.4. The van der Waals surface area contributed by atoms with Gasteiger partial charge in [-0.3, -0.25) is 4.99 Å². The first-order valence-electron chi connectivity index (χ1n) is 10.6. The smallest absolute Gasteiger partial charge is 0.382 e. The van der Waals surface area contributed by atoms with Crippen LogP contribution in [-0.4, -0.2) is 45.5 Å². The molecule has 1 aromatic carbocycles. The molecule has 170 valence electrons. The van der Waals surface area contributed by atoms with Gasteiger partial charge in [0, 0.05) is 33.4 Å². The fourth-order valence-electron chi connectivity index (χ4n) is 3.79. The number of alkyl halides is 3. The molecule has 8 heteroatoms. The van der Waals surface area contributed by atoms with Crippen LogP contribution in [0.1, 0.15) is 50.2 Å². The van der Waals surface area contributed by atoms with Gasteiger partial charge in [0.15, 0.2) is 5.96 Å². The van der Waals surface area contributed by atoms with Crippen molar-refractivity contribution in [2.24, 2.45) is 10.4 Å². The first-order valence-corrected chi connectivity index (χ1v) is 10.6. The zero-order chi connectivity index (χ0) is 21.9. The number of nitrogens with zero attached hydrogens (tertiary/aromatic N) is 1. The van der Waals surface area contributed by atoms with Crippen molar-refractivity contribution in [3.63, 3.8) is 0 Å². The van der Waals surface area contributed by atoms with E-state index in [9.17, 15) is 13.2 Å². The van der Waals surface area contributed by atoms with Crippen LogP contribution in [-0.2, 0) is 22.6 Å². The van der Waals surface area contributed by atoms with E-state index < -0.39 is 12.8 Å². The third-order valence-electron chi connectivity index (χ3n) is 5.52. The van der Waals surface area contributed by atoms with Crippen LogP contribution < -0.4 is 10.6 Å². The summed E-state index contributed by atoms with van der Waals surface area (Å²) in [7, 11) is 1.75. The number of guanidine groups is 1. The summed E-state index contributed by atoms with van der Waals surface area (Å²) >= 11 is 0. The molecule has 0 radical (unpaired) electrons. The lowest BCUT2D eigenvalue weighted by molar-refractivity contribution is -0.176. The molecule has 0 amide bonds. The zero-order valence-electron chi connectivity index (χ0n) is 18.0. The quantitative estimate of drug-likeness (QED) is 0.311. The average molecular weight is 430 g/mol. The Bertz CT molecular complexity index is 642. The molecule has 30 heavy (non-hydrogen) atoms. The van der Waals surface area contributed by atoms with E-state index in [1.54, 1.807) is 19.2 Å². The molecule has 0 spiro atoms. The number of hydrogen-bond acceptors (Lipinski definition) is 3. The van der Waals surface area contributed by atoms with Crippen LogP contribution in [0.4, 0.5) is 13.2 Å². The lowest BCUT2D eigenvalue weighted by atomic mass is 9.83. The summed E-state index contributed by atoms with van der Waals surface area (Å²) in [6.07, 6.45) is 1.71. The Kier molecular flexibility index (Phi) is 9.91. The van der Waals surface area contributed by atoms with Gasteiger partial charge in [-0.1, -0.05) is 37.1 Å². The molecule has 1 fully saturated rings. The summed E-state index contributed by atoms with van der Waals surface area (Å²) in [5.74, 6) is 0.746. The molecule has 0 bridgehead atoms. The topological polar surface area (TPSA) is 54.9 Å². The normalized spacial score (nSPS) is 16.6. The van der Waals surface area contributed by atoms with Gasteiger partial charge in [0.05, 0.1) is 6.61 Å². The minimum Gasteiger partial charge on any atom is -0.382 e. The van der Waals surface area contributed by atoms with Gasteiger partial charge in [-0.25, -0.2) is 0 Å². The van der Waals surface area contributed by atoms with Crippen LogP contribution in [0.15, 0.2) is 29.3 Å². The first kappa shape index (κ1) is 24.5. The first-order chi connectivity index (χ1) is 14.4. The molecule has 0 heterocycles. The highest BCUT2D eigenvalue weighted by Crippen LogP contribution is 2.40. The van der Waals surface area contributed by atoms with Crippen LogP contribution in [0.5, 0.6) is 0 Å². The summed E-state index contributed by atoms with van der Waals surface area (Å²) < 4.78 is 46.7. The third-order valence-corrected chi connectivity index (χ3v) is 5.52. The predicted molar refractivity (Wildman–Crippen MR) is 112 cm³/mol. The molecule has 1 aliphatic rings. The van der Waals surface area contributed by atoms with E-state index in [4.69, 9.17) is 4.74 Å². The molecule has 2 N–H and O–H groups in total. The standard InChI is InChI=1S/C22H34F3N3O2/c1-3-29-13-12-21(10-4-5-11-21)16-28-20(26-2)27-14-18-6-8-19(9-7-18)15-30-17-22(23,24)25/h6-9H,3-5,10-17H2,1-2H3,(H2,26,27,28). The lowest BCUT2D eigenvalue weighted by Crippen LogP contribution is -2.43. The van der Waals surface area contributed by atoms with Crippen molar-refractivity contribution in [3.05, 3.63) is 35.4 Å². The summed E-state index contributed by atoms with van der Waals surface area (Å²) in [4.78, 5) is 4.31. The number of nitrogens with one attached hydrogen (secondary N) is 2. The van der Waals surface area contributed by atoms with Gasteiger partial charge in [-0.15, -0.1) is 0 Å². The fraction of sp³-hybridized carbons (Fsp3) is 0.682. The molecule has 0 aromatic heterocycles. The second-order valence-electron chi connectivity index (χ2n) is 7.86. The Balaban J connectivity index is 1.76. The Morgan fingerprint density at radius 2 is 1.73 bits per heavy atom. The molecule has 2 rings (SSSR count). The molecular weight excluding hydrogens is 395 g/mol. The average Bonchev–Trinajstić information content (AvgIpc) is 3.17. The van der Waals surface area contributed by atoms with E-state index in [1.165, 1.54) is 25.7 Å². The molecular formula is C22H34F3N3O2. The van der Waals surface area contributed by atoms with Gasteiger partial charge in [0.25, 0.3) is 0 Å². The Morgan fingerprint density at radius 3 is 2.33 bits per heavy atom. The molecule has 0 saturated heterocycles. The molecule has 1 aromatic rings. The van der Waals surface area contributed by atoms with Crippen LogP contribution >= 0.6 is 0 Å². The number of hydrogen-bond donors (Lipinski definition) is 2.